The van der Waals surface area contributed by atoms with Crippen LogP contribution in [0.4, 0.5) is 4.39 Å². The highest BCUT2D eigenvalue weighted by Gasteiger charge is 2.30. The summed E-state index contributed by atoms with van der Waals surface area (Å²) in [5.74, 6) is -0.434. The first-order valence-corrected chi connectivity index (χ1v) is 10.8. The number of methoxy groups -OCH3 is 1. The Bertz CT molecular complexity index is 869. The van der Waals surface area contributed by atoms with Crippen molar-refractivity contribution in [2.24, 2.45) is 0 Å². The zero-order valence-electron chi connectivity index (χ0n) is 18.5. The van der Waals surface area contributed by atoms with E-state index in [-0.39, 0.29) is 41.4 Å². The third kappa shape index (κ3) is 6.69. The summed E-state index contributed by atoms with van der Waals surface area (Å²) in [7, 11) is 1.58. The van der Waals surface area contributed by atoms with Crippen LogP contribution in [0.1, 0.15) is 44.7 Å². The molecule has 0 radical (unpaired) electrons. The molecule has 2 aromatic rings. The molecule has 2 aromatic carbocycles. The Morgan fingerprint density at radius 3 is 2.35 bits per heavy atom. The van der Waals surface area contributed by atoms with Crippen molar-refractivity contribution in [3.05, 3.63) is 64.4 Å². The molecule has 0 fully saturated rings. The number of amides is 2. The Morgan fingerprint density at radius 1 is 1.13 bits per heavy atom. The lowest BCUT2D eigenvalue weighted by Gasteiger charge is -2.31. The summed E-state index contributed by atoms with van der Waals surface area (Å²) in [4.78, 5) is 27.7. The Labute approximate surface area is 188 Å². The van der Waals surface area contributed by atoms with Crippen LogP contribution in [0.3, 0.4) is 0 Å². The second kappa shape index (κ2) is 11.7. The summed E-state index contributed by atoms with van der Waals surface area (Å²) < 4.78 is 19.5. The van der Waals surface area contributed by atoms with Crippen molar-refractivity contribution in [2.45, 2.75) is 58.7 Å². The van der Waals surface area contributed by atoms with E-state index in [4.69, 9.17) is 16.3 Å². The molecule has 168 valence electrons. The molecule has 2 amide bonds. The fraction of sp³-hybridized carbons (Fsp3) is 0.417. The number of nitrogens with one attached hydrogen (secondary N) is 1. The summed E-state index contributed by atoms with van der Waals surface area (Å²) in [5.41, 5.74) is 0.967. The molecule has 0 heterocycles. The number of hydrogen-bond acceptors (Lipinski definition) is 3. The van der Waals surface area contributed by atoms with Crippen LogP contribution >= 0.6 is 11.6 Å². The number of benzene rings is 2. The molecule has 0 aliphatic carbocycles. The van der Waals surface area contributed by atoms with Crippen LogP contribution in [0.25, 0.3) is 0 Å². The van der Waals surface area contributed by atoms with E-state index in [9.17, 15) is 14.0 Å². The summed E-state index contributed by atoms with van der Waals surface area (Å²) in [6, 6.07) is 10.9. The molecule has 0 saturated carbocycles. The van der Waals surface area contributed by atoms with E-state index in [0.29, 0.717) is 12.2 Å². The fourth-order valence-electron chi connectivity index (χ4n) is 3.24. The molecule has 0 aliphatic rings. The minimum atomic E-state index is -0.686. The number of carbonyl (C=O) groups is 2. The standard InChI is InChI=1S/C24H30ClFN2O3/c1-5-16(3)27-24(30)22(6-2)28(15-17-10-12-18(31-4)13-11-17)23(29)14-19-20(25)8-7-9-21(19)26/h7-13,16,22H,5-6,14-15H2,1-4H3,(H,27,30)/t16-,22+/m1/s1. The predicted octanol–water partition coefficient (Wildman–Crippen LogP) is 4.75. The number of nitrogens with zero attached hydrogens (tertiary/aromatic N) is 1. The van der Waals surface area contributed by atoms with Gasteiger partial charge in [-0.3, -0.25) is 9.59 Å². The van der Waals surface area contributed by atoms with E-state index in [1.54, 1.807) is 25.3 Å². The van der Waals surface area contributed by atoms with Crippen molar-refractivity contribution >= 4 is 23.4 Å². The maximum atomic E-state index is 14.3. The number of carbonyl (C=O) groups excluding carboxylic acids is 2. The van der Waals surface area contributed by atoms with E-state index in [1.165, 1.54) is 17.0 Å². The highest BCUT2D eigenvalue weighted by Crippen LogP contribution is 2.22. The van der Waals surface area contributed by atoms with Gasteiger partial charge in [0, 0.05) is 23.2 Å². The molecule has 2 atom stereocenters. The van der Waals surface area contributed by atoms with E-state index >= 15 is 0 Å². The van der Waals surface area contributed by atoms with Crippen LogP contribution < -0.4 is 10.1 Å². The third-order valence-corrected chi connectivity index (χ3v) is 5.64. The average molecular weight is 449 g/mol. The number of rotatable bonds is 10. The van der Waals surface area contributed by atoms with Gasteiger partial charge in [0.05, 0.1) is 13.5 Å². The summed E-state index contributed by atoms with van der Waals surface area (Å²) >= 11 is 6.13. The first kappa shape index (κ1) is 24.7. The molecule has 0 unspecified atom stereocenters. The van der Waals surface area contributed by atoms with Gasteiger partial charge < -0.3 is 15.0 Å². The normalized spacial score (nSPS) is 12.7. The molecule has 0 bridgehead atoms. The van der Waals surface area contributed by atoms with E-state index < -0.39 is 11.9 Å². The highest BCUT2D eigenvalue weighted by atomic mass is 35.5. The zero-order chi connectivity index (χ0) is 23.0. The van der Waals surface area contributed by atoms with Gasteiger partial charge in [-0.2, -0.15) is 0 Å². The van der Waals surface area contributed by atoms with Gasteiger partial charge in [0.25, 0.3) is 0 Å². The zero-order valence-corrected chi connectivity index (χ0v) is 19.2. The average Bonchev–Trinajstić information content (AvgIpc) is 2.76. The fourth-order valence-corrected chi connectivity index (χ4v) is 3.47. The van der Waals surface area contributed by atoms with Gasteiger partial charge in [0.15, 0.2) is 0 Å². The number of hydrogen-bond donors (Lipinski definition) is 1. The topological polar surface area (TPSA) is 58.6 Å². The van der Waals surface area contributed by atoms with E-state index in [0.717, 1.165) is 12.0 Å². The summed E-state index contributed by atoms with van der Waals surface area (Å²) in [6.07, 6.45) is 0.976. The number of halogens is 2. The van der Waals surface area contributed by atoms with Gasteiger partial charge in [0.1, 0.15) is 17.6 Å². The van der Waals surface area contributed by atoms with E-state index in [1.807, 2.05) is 32.9 Å². The van der Waals surface area contributed by atoms with Crippen LogP contribution in [0.15, 0.2) is 42.5 Å². The van der Waals surface area contributed by atoms with Crippen LogP contribution in [0.2, 0.25) is 5.02 Å². The number of ether oxygens (including phenoxy) is 1. The minimum absolute atomic E-state index is 0.0134. The summed E-state index contributed by atoms with van der Waals surface area (Å²) in [6.45, 7) is 5.96. The second-order valence-corrected chi connectivity index (χ2v) is 7.90. The predicted molar refractivity (Wildman–Crippen MR) is 121 cm³/mol. The maximum absolute atomic E-state index is 14.3. The van der Waals surface area contributed by atoms with Crippen LogP contribution in [-0.4, -0.2) is 35.9 Å². The maximum Gasteiger partial charge on any atom is 0.243 e. The minimum Gasteiger partial charge on any atom is -0.497 e. The third-order valence-electron chi connectivity index (χ3n) is 5.29. The monoisotopic (exact) mass is 448 g/mol. The smallest absolute Gasteiger partial charge is 0.243 e. The molecule has 0 saturated heterocycles. The lowest BCUT2D eigenvalue weighted by atomic mass is 10.1. The van der Waals surface area contributed by atoms with Crippen molar-refractivity contribution in [2.75, 3.05) is 7.11 Å². The molecule has 1 N–H and O–H groups in total. The first-order chi connectivity index (χ1) is 14.8. The molecule has 2 rings (SSSR count). The molecule has 7 heteroatoms. The molecule has 31 heavy (non-hydrogen) atoms. The molecular formula is C24H30ClFN2O3. The van der Waals surface area contributed by atoms with Gasteiger partial charge in [-0.05, 0) is 49.6 Å². The Hall–Kier alpha value is -2.60. The lowest BCUT2D eigenvalue weighted by Crippen LogP contribution is -2.51. The van der Waals surface area contributed by atoms with Gasteiger partial charge in [-0.1, -0.05) is 43.6 Å². The molecular weight excluding hydrogens is 419 g/mol. The molecule has 0 aliphatic heterocycles. The molecule has 0 aromatic heterocycles. The van der Waals surface area contributed by atoms with Gasteiger partial charge >= 0.3 is 0 Å². The lowest BCUT2D eigenvalue weighted by molar-refractivity contribution is -0.141. The SMILES string of the molecule is CC[C@@H](C)NC(=O)[C@H](CC)N(Cc1ccc(OC)cc1)C(=O)Cc1c(F)cccc1Cl. The van der Waals surface area contributed by atoms with Crippen molar-refractivity contribution in [1.82, 2.24) is 10.2 Å². The summed E-state index contributed by atoms with van der Waals surface area (Å²) in [5, 5.41) is 3.14. The molecule has 5 nitrogen and oxygen atoms in total. The van der Waals surface area contributed by atoms with Gasteiger partial charge in [-0.15, -0.1) is 0 Å². The largest absolute Gasteiger partial charge is 0.497 e. The van der Waals surface area contributed by atoms with Crippen molar-refractivity contribution in [3.8, 4) is 5.75 Å². The van der Waals surface area contributed by atoms with E-state index in [2.05, 4.69) is 5.32 Å². The Morgan fingerprint density at radius 2 is 1.81 bits per heavy atom. The molecule has 0 spiro atoms. The van der Waals surface area contributed by atoms with Crippen molar-refractivity contribution in [1.29, 1.82) is 0 Å². The quantitative estimate of drug-likeness (QED) is 0.570. The van der Waals surface area contributed by atoms with Gasteiger partial charge in [0.2, 0.25) is 11.8 Å². The van der Waals surface area contributed by atoms with Crippen molar-refractivity contribution in [3.63, 3.8) is 0 Å². The Kier molecular flexibility index (Phi) is 9.31. The van der Waals surface area contributed by atoms with Crippen LogP contribution in [-0.2, 0) is 22.6 Å². The van der Waals surface area contributed by atoms with Gasteiger partial charge in [-0.25, -0.2) is 4.39 Å². The second-order valence-electron chi connectivity index (χ2n) is 7.49. The van der Waals surface area contributed by atoms with Crippen LogP contribution in [0, 0.1) is 5.82 Å². The first-order valence-electron chi connectivity index (χ1n) is 10.5. The van der Waals surface area contributed by atoms with Crippen LogP contribution in [0.5, 0.6) is 5.75 Å². The van der Waals surface area contributed by atoms with Crippen molar-refractivity contribution < 1.29 is 18.7 Å². The Balaban J connectivity index is 2.34. The highest BCUT2D eigenvalue weighted by molar-refractivity contribution is 6.31.